The molecular weight excluding hydrogens is 134 g/mol. The van der Waals surface area contributed by atoms with E-state index in [4.69, 9.17) is 5.73 Å². The third-order valence-electron chi connectivity index (χ3n) is 2.32. The first kappa shape index (κ1) is 8.79. The van der Waals surface area contributed by atoms with E-state index in [-0.39, 0.29) is 5.54 Å². The summed E-state index contributed by atoms with van der Waals surface area (Å²) < 4.78 is 0. The van der Waals surface area contributed by atoms with Gasteiger partial charge in [0.15, 0.2) is 0 Å². The van der Waals surface area contributed by atoms with Gasteiger partial charge in [0.05, 0.1) is 0 Å². The summed E-state index contributed by atoms with van der Waals surface area (Å²) in [5.74, 6) is 0. The molecular formula is C10H19N. The summed E-state index contributed by atoms with van der Waals surface area (Å²) in [6, 6.07) is 0. The van der Waals surface area contributed by atoms with E-state index in [0.29, 0.717) is 0 Å². The summed E-state index contributed by atoms with van der Waals surface area (Å²) in [6.07, 6.45) is 11.9. The molecule has 1 fully saturated rings. The monoisotopic (exact) mass is 153 g/mol. The molecule has 0 aliphatic heterocycles. The van der Waals surface area contributed by atoms with Crippen LogP contribution in [0.25, 0.3) is 0 Å². The molecule has 64 valence electrons. The highest BCUT2D eigenvalue weighted by molar-refractivity contribution is 5.00. The first-order valence-corrected chi connectivity index (χ1v) is 4.71. The Hall–Kier alpha value is -0.300. The molecule has 0 radical (unpaired) electrons. The van der Waals surface area contributed by atoms with Crippen molar-refractivity contribution >= 4 is 0 Å². The minimum absolute atomic E-state index is 0.247. The molecule has 1 rings (SSSR count). The molecule has 1 aliphatic carbocycles. The van der Waals surface area contributed by atoms with Crippen LogP contribution in [0.4, 0.5) is 0 Å². The van der Waals surface area contributed by atoms with E-state index in [1.54, 1.807) is 0 Å². The summed E-state index contributed by atoms with van der Waals surface area (Å²) in [5.41, 5.74) is 6.17. The maximum absolute atomic E-state index is 5.93. The Balaban J connectivity index is 1.95. The predicted octanol–water partition coefficient (Wildman–Crippen LogP) is 2.61. The molecule has 0 amide bonds. The first-order chi connectivity index (χ1) is 5.27. The summed E-state index contributed by atoms with van der Waals surface area (Å²) >= 11 is 0. The lowest BCUT2D eigenvalue weighted by molar-refractivity contribution is 0.616. The Morgan fingerprint density at radius 2 is 1.91 bits per heavy atom. The first-order valence-electron chi connectivity index (χ1n) is 4.71. The van der Waals surface area contributed by atoms with Crippen LogP contribution in [-0.4, -0.2) is 5.54 Å². The maximum atomic E-state index is 5.93. The molecule has 0 aromatic rings. The average Bonchev–Trinajstić information content (AvgIpc) is 2.69. The fourth-order valence-corrected chi connectivity index (χ4v) is 1.18. The highest BCUT2D eigenvalue weighted by Crippen LogP contribution is 2.36. The maximum Gasteiger partial charge on any atom is 0.0158 e. The van der Waals surface area contributed by atoms with Gasteiger partial charge in [-0.2, -0.15) is 0 Å². The van der Waals surface area contributed by atoms with Crippen LogP contribution in [0.2, 0.25) is 0 Å². The fraction of sp³-hybridized carbons (Fsp3) is 0.800. The van der Waals surface area contributed by atoms with Gasteiger partial charge in [0.25, 0.3) is 0 Å². The molecule has 0 aromatic carbocycles. The van der Waals surface area contributed by atoms with Crippen molar-refractivity contribution in [3.8, 4) is 0 Å². The number of unbranched alkanes of at least 4 members (excludes halogenated alkanes) is 1. The van der Waals surface area contributed by atoms with Crippen molar-refractivity contribution in [2.45, 2.75) is 51.0 Å². The Morgan fingerprint density at radius 3 is 2.45 bits per heavy atom. The Bertz CT molecular complexity index is 134. The largest absolute Gasteiger partial charge is 0.325 e. The molecule has 0 unspecified atom stereocenters. The molecule has 0 spiro atoms. The molecule has 1 heteroatoms. The SMILES string of the molecule is CCC/C=C/CCC1(N)CC1. The molecule has 0 heterocycles. The molecule has 0 bridgehead atoms. The average molecular weight is 153 g/mol. The smallest absolute Gasteiger partial charge is 0.0158 e. The lowest BCUT2D eigenvalue weighted by Crippen LogP contribution is -2.20. The molecule has 0 aromatic heterocycles. The van der Waals surface area contributed by atoms with Crippen molar-refractivity contribution in [1.82, 2.24) is 0 Å². The van der Waals surface area contributed by atoms with E-state index in [1.165, 1.54) is 38.5 Å². The van der Waals surface area contributed by atoms with Gasteiger partial charge in [-0.05, 0) is 32.1 Å². The number of rotatable bonds is 5. The predicted molar refractivity (Wildman–Crippen MR) is 49.4 cm³/mol. The van der Waals surface area contributed by atoms with Crippen molar-refractivity contribution in [1.29, 1.82) is 0 Å². The number of nitrogens with two attached hydrogens (primary N) is 1. The van der Waals surface area contributed by atoms with Crippen LogP contribution in [-0.2, 0) is 0 Å². The second-order valence-corrected chi connectivity index (χ2v) is 3.66. The number of hydrogen-bond acceptors (Lipinski definition) is 1. The van der Waals surface area contributed by atoms with Crippen LogP contribution in [0.3, 0.4) is 0 Å². The molecule has 1 nitrogen and oxygen atoms in total. The van der Waals surface area contributed by atoms with Gasteiger partial charge in [0, 0.05) is 5.54 Å². The molecule has 1 saturated carbocycles. The summed E-state index contributed by atoms with van der Waals surface area (Å²) in [4.78, 5) is 0. The van der Waals surface area contributed by atoms with Gasteiger partial charge < -0.3 is 5.73 Å². The van der Waals surface area contributed by atoms with Crippen molar-refractivity contribution < 1.29 is 0 Å². The number of allylic oxidation sites excluding steroid dienone is 2. The van der Waals surface area contributed by atoms with Crippen LogP contribution in [0, 0.1) is 0 Å². The zero-order valence-corrected chi connectivity index (χ0v) is 7.47. The van der Waals surface area contributed by atoms with Gasteiger partial charge in [0.1, 0.15) is 0 Å². The van der Waals surface area contributed by atoms with Crippen LogP contribution in [0.5, 0.6) is 0 Å². The van der Waals surface area contributed by atoms with E-state index >= 15 is 0 Å². The van der Waals surface area contributed by atoms with Gasteiger partial charge in [-0.15, -0.1) is 0 Å². The second-order valence-electron chi connectivity index (χ2n) is 3.66. The van der Waals surface area contributed by atoms with Crippen LogP contribution < -0.4 is 5.73 Å². The Morgan fingerprint density at radius 1 is 1.27 bits per heavy atom. The van der Waals surface area contributed by atoms with Crippen LogP contribution in [0.15, 0.2) is 12.2 Å². The zero-order valence-electron chi connectivity index (χ0n) is 7.47. The Labute approximate surface area is 69.7 Å². The van der Waals surface area contributed by atoms with Gasteiger partial charge in [-0.25, -0.2) is 0 Å². The van der Waals surface area contributed by atoms with Gasteiger partial charge in [-0.1, -0.05) is 25.5 Å². The molecule has 0 saturated heterocycles. The van der Waals surface area contributed by atoms with Gasteiger partial charge >= 0.3 is 0 Å². The zero-order chi connectivity index (χ0) is 8.16. The number of hydrogen-bond donors (Lipinski definition) is 1. The highest BCUT2D eigenvalue weighted by atomic mass is 14.8. The third-order valence-corrected chi connectivity index (χ3v) is 2.32. The molecule has 1 aliphatic rings. The van der Waals surface area contributed by atoms with Crippen molar-refractivity contribution in [3.63, 3.8) is 0 Å². The third kappa shape index (κ3) is 3.57. The van der Waals surface area contributed by atoms with Gasteiger partial charge in [0.2, 0.25) is 0 Å². The topological polar surface area (TPSA) is 26.0 Å². The minimum atomic E-state index is 0.247. The normalized spacial score (nSPS) is 20.9. The van der Waals surface area contributed by atoms with Crippen molar-refractivity contribution in [2.75, 3.05) is 0 Å². The molecule has 11 heavy (non-hydrogen) atoms. The Kier molecular flexibility index (Phi) is 3.13. The minimum Gasteiger partial charge on any atom is -0.325 e. The van der Waals surface area contributed by atoms with E-state index in [0.717, 1.165) is 0 Å². The summed E-state index contributed by atoms with van der Waals surface area (Å²) in [7, 11) is 0. The quantitative estimate of drug-likeness (QED) is 0.604. The van der Waals surface area contributed by atoms with Crippen molar-refractivity contribution in [2.24, 2.45) is 5.73 Å². The summed E-state index contributed by atoms with van der Waals surface area (Å²) in [6.45, 7) is 2.20. The van der Waals surface area contributed by atoms with E-state index in [1.807, 2.05) is 0 Å². The summed E-state index contributed by atoms with van der Waals surface area (Å²) in [5, 5.41) is 0. The molecule has 2 N–H and O–H groups in total. The van der Waals surface area contributed by atoms with Gasteiger partial charge in [-0.3, -0.25) is 0 Å². The standard InChI is InChI=1S/C10H19N/c1-2-3-4-5-6-7-10(11)8-9-10/h4-5H,2-3,6-9,11H2,1H3/b5-4+. The van der Waals surface area contributed by atoms with E-state index in [2.05, 4.69) is 19.1 Å². The van der Waals surface area contributed by atoms with Crippen LogP contribution in [0.1, 0.15) is 45.4 Å². The van der Waals surface area contributed by atoms with E-state index < -0.39 is 0 Å². The lowest BCUT2D eigenvalue weighted by Gasteiger charge is -2.03. The van der Waals surface area contributed by atoms with Crippen LogP contribution >= 0.6 is 0 Å². The lowest BCUT2D eigenvalue weighted by atomic mass is 10.1. The second kappa shape index (κ2) is 3.91. The fourth-order valence-electron chi connectivity index (χ4n) is 1.18. The molecule has 0 atom stereocenters. The highest BCUT2D eigenvalue weighted by Gasteiger charge is 2.36. The van der Waals surface area contributed by atoms with E-state index in [9.17, 15) is 0 Å². The van der Waals surface area contributed by atoms with Crippen molar-refractivity contribution in [3.05, 3.63) is 12.2 Å².